The molecule has 1 aliphatic heterocycles. The summed E-state index contributed by atoms with van der Waals surface area (Å²) >= 11 is 0. The molecule has 2 aliphatic rings. The van der Waals surface area contributed by atoms with Crippen LogP contribution in [-0.2, 0) is 4.79 Å². The number of nitrogens with zero attached hydrogens (tertiary/aromatic N) is 1. The Labute approximate surface area is 98.7 Å². The maximum absolute atomic E-state index is 12.0. The van der Waals surface area contributed by atoms with E-state index >= 15 is 0 Å². The molecule has 0 spiro atoms. The average Bonchev–Trinajstić information content (AvgIpc) is 2.26. The first kappa shape index (κ1) is 11.7. The van der Waals surface area contributed by atoms with E-state index in [-0.39, 0.29) is 0 Å². The van der Waals surface area contributed by atoms with Crippen LogP contribution in [0.3, 0.4) is 0 Å². The number of hydrogen-bond donors (Lipinski definition) is 0. The largest absolute Gasteiger partial charge is 0.342 e. The molecule has 2 heteroatoms. The van der Waals surface area contributed by atoms with Crippen molar-refractivity contribution in [3.05, 3.63) is 11.6 Å². The second-order valence-corrected chi connectivity index (χ2v) is 5.26. The third-order valence-electron chi connectivity index (χ3n) is 4.36. The zero-order chi connectivity index (χ0) is 11.5. The van der Waals surface area contributed by atoms with E-state index in [1.165, 1.54) is 12.0 Å². The molecule has 16 heavy (non-hydrogen) atoms. The van der Waals surface area contributed by atoms with Crippen LogP contribution in [-0.4, -0.2) is 23.9 Å². The molecular formula is C14H23NO. The lowest BCUT2D eigenvalue weighted by molar-refractivity contribution is -0.139. The number of likely N-dealkylation sites (tertiary alicyclic amines) is 1. The van der Waals surface area contributed by atoms with Crippen LogP contribution in [0.1, 0.15) is 46.0 Å². The molecule has 0 aromatic heterocycles. The van der Waals surface area contributed by atoms with E-state index in [2.05, 4.69) is 24.8 Å². The predicted molar refractivity (Wildman–Crippen MR) is 66.1 cm³/mol. The van der Waals surface area contributed by atoms with Gasteiger partial charge in [0.2, 0.25) is 5.91 Å². The first-order chi connectivity index (χ1) is 7.72. The topological polar surface area (TPSA) is 20.3 Å². The summed E-state index contributed by atoms with van der Waals surface area (Å²) in [6.45, 7) is 6.28. The zero-order valence-corrected chi connectivity index (χ0v) is 10.5. The van der Waals surface area contributed by atoms with Crippen molar-refractivity contribution in [2.24, 2.45) is 11.8 Å². The van der Waals surface area contributed by atoms with Crippen molar-refractivity contribution >= 4 is 5.91 Å². The third-order valence-corrected chi connectivity index (χ3v) is 4.36. The van der Waals surface area contributed by atoms with Crippen LogP contribution in [0.2, 0.25) is 0 Å². The molecule has 1 saturated carbocycles. The van der Waals surface area contributed by atoms with Crippen LogP contribution in [0.5, 0.6) is 0 Å². The molecule has 0 radical (unpaired) electrons. The van der Waals surface area contributed by atoms with Gasteiger partial charge in [-0.2, -0.15) is 0 Å². The van der Waals surface area contributed by atoms with Crippen molar-refractivity contribution in [3.8, 4) is 0 Å². The minimum absolute atomic E-state index is 0.374. The molecular weight excluding hydrogens is 198 g/mol. The quantitative estimate of drug-likeness (QED) is 0.656. The number of carbonyl (C=O) groups is 1. The average molecular weight is 221 g/mol. The van der Waals surface area contributed by atoms with Gasteiger partial charge in [0.25, 0.3) is 0 Å². The fourth-order valence-corrected chi connectivity index (χ4v) is 2.70. The molecule has 2 nitrogen and oxygen atoms in total. The maximum atomic E-state index is 12.0. The molecule has 0 aromatic carbocycles. The zero-order valence-electron chi connectivity index (χ0n) is 10.5. The predicted octanol–water partition coefficient (Wildman–Crippen LogP) is 2.99. The summed E-state index contributed by atoms with van der Waals surface area (Å²) in [7, 11) is 0. The Kier molecular flexibility index (Phi) is 3.67. The van der Waals surface area contributed by atoms with Gasteiger partial charge in [-0.15, -0.1) is 0 Å². The van der Waals surface area contributed by atoms with Gasteiger partial charge < -0.3 is 4.90 Å². The monoisotopic (exact) mass is 221 g/mol. The molecule has 0 bridgehead atoms. The van der Waals surface area contributed by atoms with Crippen molar-refractivity contribution in [2.45, 2.75) is 46.0 Å². The SMILES string of the molecule is C/C=C(/C)C1CCN(C(=O)C2CCC2)CC1. The van der Waals surface area contributed by atoms with Crippen molar-refractivity contribution < 1.29 is 4.79 Å². The summed E-state index contributed by atoms with van der Waals surface area (Å²) in [5.41, 5.74) is 1.50. The van der Waals surface area contributed by atoms with Crippen molar-refractivity contribution in [2.75, 3.05) is 13.1 Å². The molecule has 0 atom stereocenters. The summed E-state index contributed by atoms with van der Waals surface area (Å²) in [6, 6.07) is 0. The fourth-order valence-electron chi connectivity index (χ4n) is 2.70. The lowest BCUT2D eigenvalue weighted by atomic mass is 9.83. The number of hydrogen-bond acceptors (Lipinski definition) is 1. The molecule has 0 unspecified atom stereocenters. The minimum atomic E-state index is 0.374. The maximum Gasteiger partial charge on any atom is 0.225 e. The molecule has 1 heterocycles. The van der Waals surface area contributed by atoms with Gasteiger partial charge in [-0.05, 0) is 45.4 Å². The third kappa shape index (κ3) is 2.31. The molecule has 1 amide bonds. The first-order valence-electron chi connectivity index (χ1n) is 6.64. The van der Waals surface area contributed by atoms with E-state index in [0.29, 0.717) is 11.8 Å². The number of amides is 1. The van der Waals surface area contributed by atoms with E-state index in [1.54, 1.807) is 0 Å². The van der Waals surface area contributed by atoms with Crippen LogP contribution in [0.15, 0.2) is 11.6 Å². The Morgan fingerprint density at radius 1 is 1.12 bits per heavy atom. The molecule has 1 saturated heterocycles. The lowest BCUT2D eigenvalue weighted by Crippen LogP contribution is -2.43. The number of allylic oxidation sites excluding steroid dienone is 2. The standard InChI is InChI=1S/C14H23NO/c1-3-11(2)12-7-9-15(10-8-12)14(16)13-5-4-6-13/h3,12-13H,4-10H2,1-2H3/b11-3-. The number of rotatable bonds is 2. The first-order valence-corrected chi connectivity index (χ1v) is 6.64. The van der Waals surface area contributed by atoms with E-state index in [1.807, 2.05) is 0 Å². The van der Waals surface area contributed by atoms with Gasteiger partial charge in [0.1, 0.15) is 0 Å². The highest BCUT2D eigenvalue weighted by molar-refractivity contribution is 5.79. The Morgan fingerprint density at radius 2 is 1.75 bits per heavy atom. The van der Waals surface area contributed by atoms with E-state index in [9.17, 15) is 4.79 Å². The summed E-state index contributed by atoms with van der Waals surface area (Å²) in [4.78, 5) is 14.1. The fraction of sp³-hybridized carbons (Fsp3) is 0.786. The van der Waals surface area contributed by atoms with Crippen molar-refractivity contribution in [1.29, 1.82) is 0 Å². The summed E-state index contributed by atoms with van der Waals surface area (Å²) in [6.07, 6.45) is 8.06. The summed E-state index contributed by atoms with van der Waals surface area (Å²) in [5, 5.41) is 0. The lowest BCUT2D eigenvalue weighted by Gasteiger charge is -2.36. The van der Waals surface area contributed by atoms with Gasteiger partial charge in [-0.3, -0.25) is 4.79 Å². The normalized spacial score (nSPS) is 24.4. The van der Waals surface area contributed by atoms with Crippen LogP contribution in [0.4, 0.5) is 0 Å². The smallest absolute Gasteiger partial charge is 0.225 e. The van der Waals surface area contributed by atoms with Gasteiger partial charge in [-0.1, -0.05) is 18.1 Å². The highest BCUT2D eigenvalue weighted by Crippen LogP contribution is 2.31. The molecule has 0 N–H and O–H groups in total. The molecule has 2 rings (SSSR count). The summed E-state index contributed by atoms with van der Waals surface area (Å²) in [5.74, 6) is 1.53. The van der Waals surface area contributed by atoms with Crippen LogP contribution in [0, 0.1) is 11.8 Å². The number of carbonyl (C=O) groups excluding carboxylic acids is 1. The molecule has 1 aliphatic carbocycles. The van der Waals surface area contributed by atoms with Crippen molar-refractivity contribution in [1.82, 2.24) is 4.90 Å². The Morgan fingerprint density at radius 3 is 2.19 bits per heavy atom. The molecule has 0 aromatic rings. The second-order valence-electron chi connectivity index (χ2n) is 5.26. The van der Waals surface area contributed by atoms with Crippen LogP contribution in [0.25, 0.3) is 0 Å². The highest BCUT2D eigenvalue weighted by atomic mass is 16.2. The Bertz CT molecular complexity index is 283. The van der Waals surface area contributed by atoms with Gasteiger partial charge in [0, 0.05) is 19.0 Å². The van der Waals surface area contributed by atoms with Gasteiger partial charge in [0.15, 0.2) is 0 Å². The van der Waals surface area contributed by atoms with E-state index in [4.69, 9.17) is 0 Å². The van der Waals surface area contributed by atoms with Crippen molar-refractivity contribution in [3.63, 3.8) is 0 Å². The number of piperidine rings is 1. The van der Waals surface area contributed by atoms with Crippen LogP contribution < -0.4 is 0 Å². The minimum Gasteiger partial charge on any atom is -0.342 e. The van der Waals surface area contributed by atoms with Gasteiger partial charge in [-0.25, -0.2) is 0 Å². The second kappa shape index (κ2) is 5.03. The molecule has 2 fully saturated rings. The van der Waals surface area contributed by atoms with Gasteiger partial charge in [0.05, 0.1) is 0 Å². The van der Waals surface area contributed by atoms with E-state index < -0.39 is 0 Å². The van der Waals surface area contributed by atoms with Crippen LogP contribution >= 0.6 is 0 Å². The molecule has 90 valence electrons. The van der Waals surface area contributed by atoms with E-state index in [0.717, 1.165) is 44.7 Å². The highest BCUT2D eigenvalue weighted by Gasteiger charge is 2.31. The van der Waals surface area contributed by atoms with Gasteiger partial charge >= 0.3 is 0 Å². The Balaban J connectivity index is 1.82. The summed E-state index contributed by atoms with van der Waals surface area (Å²) < 4.78 is 0. The Hall–Kier alpha value is -0.790.